The van der Waals surface area contributed by atoms with Crippen LogP contribution in [0.5, 0.6) is 0 Å². The topological polar surface area (TPSA) is 414 Å². The van der Waals surface area contributed by atoms with Crippen LogP contribution in [-0.4, -0.2) is 153 Å². The van der Waals surface area contributed by atoms with Crippen LogP contribution in [0, 0.1) is 5.92 Å². The van der Waals surface area contributed by atoms with Gasteiger partial charge in [-0.3, -0.25) is 38.8 Å². The van der Waals surface area contributed by atoms with Crippen LogP contribution < -0.4 is 55.3 Å². The number of carbonyl (C=O) groups excluding carboxylic acids is 6. The first-order valence-corrected chi connectivity index (χ1v) is 21.9. The van der Waals surface area contributed by atoms with Gasteiger partial charge < -0.3 is 80.5 Å². The van der Waals surface area contributed by atoms with Gasteiger partial charge in [0, 0.05) is 43.2 Å². The molecule has 0 saturated carbocycles. The molecule has 0 aliphatic carbocycles. The van der Waals surface area contributed by atoms with Crippen molar-refractivity contribution >= 4 is 64.2 Å². The van der Waals surface area contributed by atoms with Gasteiger partial charge in [-0.15, -0.1) is 0 Å². The number of H-pyrrole nitrogens is 1. The first-order valence-electron chi connectivity index (χ1n) is 21.9. The number of carboxylic acid groups (broad SMARTS) is 1. The number of aromatic nitrogens is 1. The van der Waals surface area contributed by atoms with E-state index in [0.717, 1.165) is 10.9 Å². The first kappa shape index (κ1) is 53.8. The Morgan fingerprint density at radius 2 is 1.32 bits per heavy atom. The van der Waals surface area contributed by atoms with E-state index in [2.05, 4.69) is 41.6 Å². The fourth-order valence-electron chi connectivity index (χ4n) is 7.45. The second-order valence-corrected chi connectivity index (χ2v) is 16.9. The number of likely N-dealkylation sites (tertiary alicyclic amines) is 1. The van der Waals surface area contributed by atoms with Crippen molar-refractivity contribution in [2.24, 2.45) is 44.6 Å². The molecule has 3 rings (SSSR count). The Morgan fingerprint density at radius 3 is 1.91 bits per heavy atom. The quantitative estimate of drug-likeness (QED) is 0.0247. The third-order valence-electron chi connectivity index (χ3n) is 10.9. The Balaban J connectivity index is 1.81. The predicted molar refractivity (Wildman–Crippen MR) is 245 cm³/mol. The van der Waals surface area contributed by atoms with Gasteiger partial charge in [0.05, 0.1) is 18.2 Å². The molecule has 66 heavy (non-hydrogen) atoms. The van der Waals surface area contributed by atoms with Gasteiger partial charge in [0.1, 0.15) is 36.3 Å². The summed E-state index contributed by atoms with van der Waals surface area (Å²) in [7, 11) is 0. The maximum atomic E-state index is 14.4. The number of hydrogen-bond acceptors (Lipinski definition) is 12. The lowest BCUT2D eigenvalue weighted by Gasteiger charge is -2.31. The van der Waals surface area contributed by atoms with Gasteiger partial charge in [0.25, 0.3) is 0 Å². The molecule has 19 N–H and O–H groups in total. The molecule has 1 aromatic heterocycles. The van der Waals surface area contributed by atoms with Crippen molar-refractivity contribution in [1.82, 2.24) is 36.5 Å². The van der Waals surface area contributed by atoms with Crippen molar-refractivity contribution in [3.63, 3.8) is 0 Å². The van der Waals surface area contributed by atoms with E-state index >= 15 is 0 Å². The summed E-state index contributed by atoms with van der Waals surface area (Å²) in [4.78, 5) is 107. The number of guanidine groups is 2. The van der Waals surface area contributed by atoms with E-state index in [1.807, 2.05) is 24.3 Å². The van der Waals surface area contributed by atoms with Crippen molar-refractivity contribution in [2.75, 3.05) is 19.6 Å². The SMILES string of the molecule is CC(C)C[C@H](NC(=O)[C@H](CCCN=C(N)N)NC(=O)[C@@H](NC(=O)[C@@H](NC(=O)[C@@H]1CCCN1C(=O)[C@H](Cc1c[nH]c2ccccc12)NC(=O)[C@@H](N)CCCN=C(N)N)[C@@H](C)O)[C@@H](C)O)C(=O)O. The highest BCUT2D eigenvalue weighted by molar-refractivity contribution is 5.98. The van der Waals surface area contributed by atoms with Crippen LogP contribution in [0.3, 0.4) is 0 Å². The van der Waals surface area contributed by atoms with Crippen molar-refractivity contribution in [3.8, 4) is 0 Å². The lowest BCUT2D eigenvalue weighted by atomic mass is 10.0. The second-order valence-electron chi connectivity index (χ2n) is 16.9. The molecular formula is C42H68N14O10. The molecule has 2 aromatic rings. The van der Waals surface area contributed by atoms with Crippen LogP contribution in [0.1, 0.15) is 78.2 Å². The fraction of sp³-hybridized carbons (Fsp3) is 0.595. The normalized spacial score (nSPS) is 17.2. The highest BCUT2D eigenvalue weighted by Gasteiger charge is 2.41. The number of benzene rings is 1. The predicted octanol–water partition coefficient (Wildman–Crippen LogP) is -3.55. The van der Waals surface area contributed by atoms with Gasteiger partial charge in [-0.2, -0.15) is 0 Å². The van der Waals surface area contributed by atoms with E-state index in [9.17, 15) is 48.9 Å². The zero-order valence-corrected chi connectivity index (χ0v) is 37.9. The first-order chi connectivity index (χ1) is 31.1. The number of fused-ring (bicyclic) bond motifs is 1. The van der Waals surface area contributed by atoms with Gasteiger partial charge in [-0.05, 0) is 76.3 Å². The molecular weight excluding hydrogens is 861 g/mol. The zero-order valence-electron chi connectivity index (χ0n) is 37.9. The lowest BCUT2D eigenvalue weighted by Crippen LogP contribution is -2.63. The summed E-state index contributed by atoms with van der Waals surface area (Å²) in [6, 6.07) is -2.09. The summed E-state index contributed by atoms with van der Waals surface area (Å²) in [5.41, 5.74) is 29.3. The molecule has 2 heterocycles. The molecule has 0 radical (unpaired) electrons. The molecule has 0 spiro atoms. The van der Waals surface area contributed by atoms with Gasteiger partial charge in [0.15, 0.2) is 11.9 Å². The average Bonchev–Trinajstić information content (AvgIpc) is 3.90. The molecule has 24 nitrogen and oxygen atoms in total. The molecule has 1 aromatic carbocycles. The summed E-state index contributed by atoms with van der Waals surface area (Å²) in [5.74, 6) is -6.75. The molecule has 9 atom stereocenters. The van der Waals surface area contributed by atoms with Crippen LogP contribution in [0.15, 0.2) is 40.4 Å². The number of aliphatic hydroxyl groups is 2. The number of nitrogens with one attached hydrogen (secondary N) is 6. The largest absolute Gasteiger partial charge is 0.480 e. The van der Waals surface area contributed by atoms with E-state index < -0.39 is 95.9 Å². The Morgan fingerprint density at radius 1 is 0.758 bits per heavy atom. The zero-order chi connectivity index (χ0) is 49.2. The van der Waals surface area contributed by atoms with Crippen LogP contribution in [-0.2, 0) is 40.0 Å². The van der Waals surface area contributed by atoms with E-state index in [1.54, 1.807) is 20.0 Å². The molecule has 6 amide bonds. The number of carboxylic acids is 1. The number of hydrogen-bond donors (Lipinski definition) is 14. The van der Waals surface area contributed by atoms with Crippen LogP contribution in [0.4, 0.5) is 0 Å². The number of nitrogens with zero attached hydrogens (tertiary/aromatic N) is 3. The number of aliphatic carboxylic acids is 1. The molecule has 1 aliphatic heterocycles. The number of carbonyl (C=O) groups is 7. The van der Waals surface area contributed by atoms with E-state index in [-0.39, 0.29) is 76.0 Å². The molecule has 1 saturated heterocycles. The number of para-hydroxylation sites is 1. The van der Waals surface area contributed by atoms with Gasteiger partial charge in [-0.1, -0.05) is 32.0 Å². The van der Waals surface area contributed by atoms with Crippen LogP contribution >= 0.6 is 0 Å². The smallest absolute Gasteiger partial charge is 0.326 e. The van der Waals surface area contributed by atoms with Gasteiger partial charge in [-0.25, -0.2) is 4.79 Å². The molecule has 0 bridgehead atoms. The average molecular weight is 929 g/mol. The third-order valence-corrected chi connectivity index (χ3v) is 10.9. The molecule has 1 aliphatic rings. The van der Waals surface area contributed by atoms with Crippen molar-refractivity contribution in [1.29, 1.82) is 0 Å². The monoisotopic (exact) mass is 929 g/mol. The number of aliphatic imine (C=N–C) groups is 2. The maximum Gasteiger partial charge on any atom is 0.326 e. The molecule has 0 unspecified atom stereocenters. The molecule has 1 fully saturated rings. The van der Waals surface area contributed by atoms with E-state index in [0.29, 0.717) is 18.4 Å². The number of aromatic amines is 1. The van der Waals surface area contributed by atoms with Gasteiger partial charge in [0.2, 0.25) is 35.4 Å². The number of rotatable bonds is 26. The standard InChI is InChI=1S/C42H68N14O10/c1-21(2)18-30(40(65)66)53-35(60)28(13-8-16-49-42(46)47)51-37(62)32(22(3)57)55-38(63)33(23(4)58)54-36(61)31-14-9-17-56(31)39(64)29(19-24-20-50-27-12-6-5-10-25(24)27)52-34(59)26(43)11-7-15-48-41(44)45/h5-6,10,12,20-23,26,28-33,50,57-58H,7-9,11,13-19,43H2,1-4H3,(H,51,62)(H,52,59)(H,53,60)(H,54,61)(H,55,63)(H,65,66)(H4,44,45,48)(H4,46,47,49)/t22-,23-,26+,28+,29+,30+,31+,32+,33+/m1/s1. The van der Waals surface area contributed by atoms with E-state index in [4.69, 9.17) is 28.7 Å². The minimum Gasteiger partial charge on any atom is -0.480 e. The summed E-state index contributed by atoms with van der Waals surface area (Å²) in [6.07, 6.45) is -0.113. The minimum absolute atomic E-state index is 0.0263. The van der Waals surface area contributed by atoms with Crippen molar-refractivity contribution in [2.45, 2.75) is 134 Å². The summed E-state index contributed by atoms with van der Waals surface area (Å²) in [6.45, 7) is 6.34. The van der Waals surface area contributed by atoms with E-state index in [1.165, 1.54) is 18.7 Å². The van der Waals surface area contributed by atoms with Crippen molar-refractivity contribution in [3.05, 3.63) is 36.0 Å². The van der Waals surface area contributed by atoms with Crippen molar-refractivity contribution < 1.29 is 48.9 Å². The highest BCUT2D eigenvalue weighted by Crippen LogP contribution is 2.23. The summed E-state index contributed by atoms with van der Waals surface area (Å²) >= 11 is 0. The Hall–Kier alpha value is -6.53. The second kappa shape index (κ2) is 25.8. The minimum atomic E-state index is -1.74. The van der Waals surface area contributed by atoms with Crippen LogP contribution in [0.2, 0.25) is 0 Å². The third kappa shape index (κ3) is 16.5. The number of amides is 6. The molecule has 24 heteroatoms. The summed E-state index contributed by atoms with van der Waals surface area (Å²) < 4.78 is 0. The summed E-state index contributed by atoms with van der Waals surface area (Å²) in [5, 5.41) is 44.4. The Labute approximate surface area is 382 Å². The molecule has 366 valence electrons. The Kier molecular flexibility index (Phi) is 21.1. The van der Waals surface area contributed by atoms with Crippen LogP contribution in [0.25, 0.3) is 10.9 Å². The Bertz CT molecular complexity index is 2050. The van der Waals surface area contributed by atoms with Gasteiger partial charge >= 0.3 is 5.97 Å². The number of aliphatic hydroxyl groups excluding tert-OH is 2. The maximum absolute atomic E-state index is 14.4. The fourth-order valence-corrected chi connectivity index (χ4v) is 7.45. The number of nitrogens with two attached hydrogens (primary N) is 5. The lowest BCUT2D eigenvalue weighted by molar-refractivity contribution is -0.143. The highest BCUT2D eigenvalue weighted by atomic mass is 16.4.